The van der Waals surface area contributed by atoms with Crippen molar-refractivity contribution in [2.75, 3.05) is 5.73 Å². The molecule has 0 fully saturated rings. The van der Waals surface area contributed by atoms with Gasteiger partial charge in [-0.1, -0.05) is 6.07 Å². The summed E-state index contributed by atoms with van der Waals surface area (Å²) < 4.78 is 24.4. The normalized spacial score (nSPS) is 12.1. The van der Waals surface area contributed by atoms with Crippen LogP contribution in [0.25, 0.3) is 0 Å². The average molecular weight is 241 g/mol. The molecule has 0 aliphatic carbocycles. The van der Waals surface area contributed by atoms with Crippen molar-refractivity contribution < 1.29 is 8.42 Å². The van der Waals surface area contributed by atoms with Crippen LogP contribution in [-0.2, 0) is 9.84 Å². The highest BCUT2D eigenvalue weighted by Gasteiger charge is 2.25. The van der Waals surface area contributed by atoms with Crippen LogP contribution >= 0.6 is 0 Å². The van der Waals surface area contributed by atoms with Gasteiger partial charge in [0, 0.05) is 5.69 Å². The van der Waals surface area contributed by atoms with Gasteiger partial charge >= 0.3 is 0 Å². The van der Waals surface area contributed by atoms with Crippen molar-refractivity contribution in [2.24, 2.45) is 0 Å². The fourth-order valence-corrected chi connectivity index (χ4v) is 3.37. The highest BCUT2D eigenvalue weighted by atomic mass is 32.2. The number of nitrogens with two attached hydrogens (primary N) is 1. The number of anilines is 1. The Morgan fingerprint density at radius 1 is 1.12 bits per heavy atom. The lowest BCUT2D eigenvalue weighted by Crippen LogP contribution is -2.17. The summed E-state index contributed by atoms with van der Waals surface area (Å²) in [5, 5.41) is -0.424. The molecule has 0 aliphatic rings. The number of benzene rings is 1. The molecule has 0 heterocycles. The molecule has 3 nitrogen and oxygen atoms in total. The Kier molecular flexibility index (Phi) is 3.33. The molecule has 1 rings (SSSR count). The third kappa shape index (κ3) is 1.94. The number of nitrogen functional groups attached to an aromatic ring is 1. The summed E-state index contributed by atoms with van der Waals surface area (Å²) in [6.07, 6.45) is 0. The predicted molar refractivity (Wildman–Crippen MR) is 67.4 cm³/mol. The second-order valence-electron chi connectivity index (χ2n) is 4.47. The summed E-state index contributed by atoms with van der Waals surface area (Å²) in [6.45, 7) is 8.84. The Labute approximate surface area is 97.6 Å². The van der Waals surface area contributed by atoms with Crippen LogP contribution in [0.5, 0.6) is 0 Å². The molecule has 0 saturated heterocycles. The molecule has 0 atom stereocenters. The van der Waals surface area contributed by atoms with Crippen molar-refractivity contribution in [3.63, 3.8) is 0 Å². The van der Waals surface area contributed by atoms with Crippen LogP contribution in [0.1, 0.15) is 30.5 Å². The minimum atomic E-state index is -3.26. The van der Waals surface area contributed by atoms with E-state index in [0.29, 0.717) is 16.1 Å². The van der Waals surface area contributed by atoms with Crippen molar-refractivity contribution in [1.82, 2.24) is 0 Å². The van der Waals surface area contributed by atoms with Gasteiger partial charge in [0.05, 0.1) is 10.1 Å². The molecule has 1 aromatic rings. The van der Waals surface area contributed by atoms with Gasteiger partial charge in [0.1, 0.15) is 0 Å². The lowest BCUT2D eigenvalue weighted by Gasteiger charge is -2.16. The zero-order valence-corrected chi connectivity index (χ0v) is 11.3. The topological polar surface area (TPSA) is 60.2 Å². The average Bonchev–Trinajstić information content (AvgIpc) is 2.13. The van der Waals surface area contributed by atoms with Gasteiger partial charge in [-0.25, -0.2) is 8.42 Å². The Bertz CT molecular complexity index is 516. The first-order valence-corrected chi connectivity index (χ1v) is 6.84. The van der Waals surface area contributed by atoms with Crippen LogP contribution < -0.4 is 5.73 Å². The molecule has 4 heteroatoms. The van der Waals surface area contributed by atoms with Gasteiger partial charge in [0.2, 0.25) is 0 Å². The van der Waals surface area contributed by atoms with Gasteiger partial charge < -0.3 is 5.73 Å². The number of hydrogen-bond acceptors (Lipinski definition) is 3. The quantitative estimate of drug-likeness (QED) is 0.809. The molecule has 1 aromatic carbocycles. The maximum atomic E-state index is 12.2. The summed E-state index contributed by atoms with van der Waals surface area (Å²) in [5.74, 6) is 0. The van der Waals surface area contributed by atoms with Gasteiger partial charge in [0.15, 0.2) is 9.84 Å². The third-order valence-corrected chi connectivity index (χ3v) is 5.30. The number of hydrogen-bond donors (Lipinski definition) is 1. The first-order chi connectivity index (χ1) is 7.19. The minimum Gasteiger partial charge on any atom is -0.398 e. The van der Waals surface area contributed by atoms with E-state index in [1.807, 2.05) is 19.9 Å². The molecule has 0 bridgehead atoms. The number of sulfone groups is 1. The van der Waals surface area contributed by atoms with Crippen LogP contribution in [0, 0.1) is 20.8 Å². The summed E-state index contributed by atoms with van der Waals surface area (Å²) in [5.41, 5.74) is 8.83. The fraction of sp³-hybridized carbons (Fsp3) is 0.500. The van der Waals surface area contributed by atoms with Crippen molar-refractivity contribution in [3.8, 4) is 0 Å². The Morgan fingerprint density at radius 3 is 2.06 bits per heavy atom. The SMILES string of the molecule is Cc1cc(C)c(S(=O)(=O)C(C)C)c(C)c1N. The molecule has 0 saturated carbocycles. The van der Waals surface area contributed by atoms with Crippen LogP contribution in [-0.4, -0.2) is 13.7 Å². The number of rotatable bonds is 2. The fourth-order valence-electron chi connectivity index (χ4n) is 1.86. The molecule has 16 heavy (non-hydrogen) atoms. The van der Waals surface area contributed by atoms with Crippen LogP contribution in [0.2, 0.25) is 0 Å². The maximum absolute atomic E-state index is 12.2. The summed E-state index contributed by atoms with van der Waals surface area (Å²) >= 11 is 0. The standard InChI is InChI=1S/C12H19NO2S/c1-7(2)16(14,15)12-9(4)6-8(3)11(13)10(12)5/h6-7H,13H2,1-5H3. The molecule has 0 aromatic heterocycles. The molecule has 2 N–H and O–H groups in total. The van der Waals surface area contributed by atoms with E-state index in [1.165, 1.54) is 0 Å². The molecular formula is C12H19NO2S. The van der Waals surface area contributed by atoms with Gasteiger partial charge in [-0.15, -0.1) is 0 Å². The van der Waals surface area contributed by atoms with Gasteiger partial charge in [-0.05, 0) is 51.3 Å². The van der Waals surface area contributed by atoms with E-state index in [2.05, 4.69) is 0 Å². The van der Waals surface area contributed by atoms with Crippen molar-refractivity contribution in [2.45, 2.75) is 44.8 Å². The highest BCUT2D eigenvalue weighted by molar-refractivity contribution is 7.92. The summed E-state index contributed by atoms with van der Waals surface area (Å²) in [7, 11) is -3.26. The molecule has 0 radical (unpaired) electrons. The van der Waals surface area contributed by atoms with E-state index in [4.69, 9.17) is 5.73 Å². The van der Waals surface area contributed by atoms with Crippen molar-refractivity contribution in [3.05, 3.63) is 22.8 Å². The predicted octanol–water partition coefficient (Wildman–Crippen LogP) is 2.38. The minimum absolute atomic E-state index is 0.394. The van der Waals surface area contributed by atoms with Gasteiger partial charge in [-0.3, -0.25) is 0 Å². The zero-order valence-electron chi connectivity index (χ0n) is 10.5. The van der Waals surface area contributed by atoms with Crippen LogP contribution in [0.4, 0.5) is 5.69 Å². The Balaban J connectivity index is 3.66. The van der Waals surface area contributed by atoms with E-state index in [-0.39, 0.29) is 0 Å². The van der Waals surface area contributed by atoms with E-state index < -0.39 is 15.1 Å². The first kappa shape index (κ1) is 13.0. The summed E-state index contributed by atoms with van der Waals surface area (Å²) in [4.78, 5) is 0.394. The largest absolute Gasteiger partial charge is 0.398 e. The summed E-state index contributed by atoms with van der Waals surface area (Å²) in [6, 6.07) is 1.83. The van der Waals surface area contributed by atoms with Crippen molar-refractivity contribution in [1.29, 1.82) is 0 Å². The molecule has 0 aliphatic heterocycles. The van der Waals surface area contributed by atoms with E-state index >= 15 is 0 Å². The molecule has 0 spiro atoms. The van der Waals surface area contributed by atoms with Crippen molar-refractivity contribution >= 4 is 15.5 Å². The Hall–Kier alpha value is -1.03. The molecular weight excluding hydrogens is 222 g/mol. The smallest absolute Gasteiger partial charge is 0.181 e. The molecule has 90 valence electrons. The molecule has 0 amide bonds. The lowest BCUT2D eigenvalue weighted by atomic mass is 10.1. The van der Waals surface area contributed by atoms with Crippen LogP contribution in [0.15, 0.2) is 11.0 Å². The van der Waals surface area contributed by atoms with Gasteiger partial charge in [-0.2, -0.15) is 0 Å². The second kappa shape index (κ2) is 4.09. The Morgan fingerprint density at radius 2 is 1.62 bits per heavy atom. The van der Waals surface area contributed by atoms with Gasteiger partial charge in [0.25, 0.3) is 0 Å². The number of aryl methyl sites for hydroxylation is 2. The zero-order chi connectivity index (χ0) is 12.7. The lowest BCUT2D eigenvalue weighted by molar-refractivity contribution is 0.586. The van der Waals surface area contributed by atoms with Crippen LogP contribution in [0.3, 0.4) is 0 Å². The van der Waals surface area contributed by atoms with E-state index in [9.17, 15) is 8.42 Å². The monoisotopic (exact) mass is 241 g/mol. The first-order valence-electron chi connectivity index (χ1n) is 5.29. The molecule has 0 unspecified atom stereocenters. The second-order valence-corrected chi connectivity index (χ2v) is 6.91. The van der Waals surface area contributed by atoms with E-state index in [1.54, 1.807) is 20.8 Å². The van der Waals surface area contributed by atoms with E-state index in [0.717, 1.165) is 11.1 Å². The highest BCUT2D eigenvalue weighted by Crippen LogP contribution is 2.30. The third-order valence-electron chi connectivity index (χ3n) is 2.87. The maximum Gasteiger partial charge on any atom is 0.181 e.